The first-order chi connectivity index (χ1) is 10.7. The molecule has 1 aromatic carbocycles. The molecule has 0 spiro atoms. The van der Waals surface area contributed by atoms with Crippen molar-refractivity contribution in [2.45, 2.75) is 45.2 Å². The first kappa shape index (κ1) is 20.3. The summed E-state index contributed by atoms with van der Waals surface area (Å²) in [5, 5.41) is 3.47. The largest absolute Gasteiger partial charge is 0.336 e. The second kappa shape index (κ2) is 11.0. The molecule has 1 saturated heterocycles. The quantitative estimate of drug-likeness (QED) is 0.804. The van der Waals surface area contributed by atoms with E-state index in [1.54, 1.807) is 0 Å². The van der Waals surface area contributed by atoms with E-state index >= 15 is 0 Å². The number of amides is 1. The van der Waals surface area contributed by atoms with Crippen molar-refractivity contribution in [1.82, 2.24) is 10.2 Å². The maximum absolute atomic E-state index is 12.8. The van der Waals surface area contributed by atoms with Gasteiger partial charge in [-0.25, -0.2) is 0 Å². The van der Waals surface area contributed by atoms with Gasteiger partial charge in [0.2, 0.25) is 5.91 Å². The third-order valence-corrected chi connectivity index (χ3v) is 5.37. The van der Waals surface area contributed by atoms with Gasteiger partial charge in [0.1, 0.15) is 0 Å². The normalized spacial score (nSPS) is 18.8. The van der Waals surface area contributed by atoms with Gasteiger partial charge in [0.05, 0.1) is 6.04 Å². The van der Waals surface area contributed by atoms with Gasteiger partial charge in [-0.3, -0.25) is 4.79 Å². The number of nitrogens with one attached hydrogen (secondary N) is 1. The predicted molar refractivity (Wildman–Crippen MR) is 102 cm³/mol. The molecule has 23 heavy (non-hydrogen) atoms. The van der Waals surface area contributed by atoms with Crippen molar-refractivity contribution in [2.24, 2.45) is 0 Å². The average Bonchev–Trinajstić information content (AvgIpc) is 2.56. The number of benzene rings is 1. The summed E-state index contributed by atoms with van der Waals surface area (Å²) in [5.74, 6) is 2.49. The van der Waals surface area contributed by atoms with Crippen molar-refractivity contribution in [3.63, 3.8) is 0 Å². The van der Waals surface area contributed by atoms with Crippen LogP contribution in [0.5, 0.6) is 0 Å². The summed E-state index contributed by atoms with van der Waals surface area (Å²) >= 11 is 1.95. The number of unbranched alkanes of at least 4 members (excludes halogenated alkanes) is 1. The summed E-state index contributed by atoms with van der Waals surface area (Å²) in [6.45, 7) is 6.19. The van der Waals surface area contributed by atoms with Gasteiger partial charge >= 0.3 is 0 Å². The second-order valence-corrected chi connectivity index (χ2v) is 7.11. The van der Waals surface area contributed by atoms with Crippen LogP contribution in [0.15, 0.2) is 30.3 Å². The molecule has 1 aliphatic heterocycles. The van der Waals surface area contributed by atoms with Gasteiger partial charge in [-0.2, -0.15) is 11.8 Å². The Bertz CT molecular complexity index is 452. The lowest BCUT2D eigenvalue weighted by Gasteiger charge is -2.32. The summed E-state index contributed by atoms with van der Waals surface area (Å²) in [6, 6.07) is 10.8. The molecule has 0 radical (unpaired) electrons. The third kappa shape index (κ3) is 6.36. The van der Waals surface area contributed by atoms with Crippen LogP contribution in [0.2, 0.25) is 0 Å². The molecule has 1 fully saturated rings. The minimum Gasteiger partial charge on any atom is -0.336 e. The fourth-order valence-corrected chi connectivity index (χ4v) is 3.80. The summed E-state index contributed by atoms with van der Waals surface area (Å²) in [4.78, 5) is 14.9. The first-order valence-corrected chi connectivity index (χ1v) is 9.53. The number of carbonyl (C=O) groups is 1. The maximum atomic E-state index is 12.8. The van der Waals surface area contributed by atoms with E-state index in [-0.39, 0.29) is 24.4 Å². The minimum absolute atomic E-state index is 0. The van der Waals surface area contributed by atoms with E-state index in [1.807, 2.05) is 30.0 Å². The minimum atomic E-state index is 0. The van der Waals surface area contributed by atoms with Crippen LogP contribution in [-0.2, 0) is 4.79 Å². The molecule has 0 saturated carbocycles. The molecule has 2 unspecified atom stereocenters. The number of carbonyl (C=O) groups excluding carboxylic acids is 1. The lowest BCUT2D eigenvalue weighted by atomic mass is 10.1. The zero-order chi connectivity index (χ0) is 15.8. The Morgan fingerprint density at radius 1 is 1.39 bits per heavy atom. The standard InChI is InChI=1S/C18H28N2OS.ClH/c1-3-4-11-20(15(2)16-8-6-5-7-9-16)18(21)13-17-14-22-12-10-19-17;/h5-9,15,17,19H,3-4,10-14H2,1-2H3;1H. The molecular weight excluding hydrogens is 328 g/mol. The first-order valence-electron chi connectivity index (χ1n) is 8.38. The Kier molecular flexibility index (Phi) is 9.68. The van der Waals surface area contributed by atoms with Crippen LogP contribution >= 0.6 is 24.2 Å². The maximum Gasteiger partial charge on any atom is 0.224 e. The smallest absolute Gasteiger partial charge is 0.224 e. The molecule has 2 rings (SSSR count). The van der Waals surface area contributed by atoms with E-state index in [0.717, 1.165) is 37.4 Å². The van der Waals surface area contributed by atoms with Crippen molar-refractivity contribution in [3.8, 4) is 0 Å². The molecule has 3 nitrogen and oxygen atoms in total. The summed E-state index contributed by atoms with van der Waals surface area (Å²) in [7, 11) is 0. The van der Waals surface area contributed by atoms with Crippen LogP contribution < -0.4 is 5.32 Å². The fraction of sp³-hybridized carbons (Fsp3) is 0.611. The number of hydrogen-bond acceptors (Lipinski definition) is 3. The molecule has 130 valence electrons. The predicted octanol–water partition coefficient (Wildman–Crippen LogP) is 3.89. The SMILES string of the molecule is CCCCN(C(=O)CC1CSCCN1)C(C)c1ccccc1.Cl. The lowest BCUT2D eigenvalue weighted by Crippen LogP contribution is -2.43. The Morgan fingerprint density at radius 2 is 2.13 bits per heavy atom. The Morgan fingerprint density at radius 3 is 2.74 bits per heavy atom. The summed E-state index contributed by atoms with van der Waals surface area (Å²) in [5.41, 5.74) is 1.22. The molecule has 1 aliphatic rings. The van der Waals surface area contributed by atoms with Crippen LogP contribution in [0.3, 0.4) is 0 Å². The topological polar surface area (TPSA) is 32.3 Å². The van der Waals surface area contributed by atoms with Crippen LogP contribution in [0.25, 0.3) is 0 Å². The summed E-state index contributed by atoms with van der Waals surface area (Å²) in [6.07, 6.45) is 2.80. The average molecular weight is 357 g/mol. The third-order valence-electron chi connectivity index (χ3n) is 4.24. The number of halogens is 1. The van der Waals surface area contributed by atoms with Crippen molar-refractivity contribution in [2.75, 3.05) is 24.6 Å². The van der Waals surface area contributed by atoms with E-state index in [4.69, 9.17) is 0 Å². The van der Waals surface area contributed by atoms with Gasteiger partial charge in [0.15, 0.2) is 0 Å². The lowest BCUT2D eigenvalue weighted by molar-refractivity contribution is -0.133. The van der Waals surface area contributed by atoms with E-state index in [0.29, 0.717) is 12.5 Å². The van der Waals surface area contributed by atoms with Crippen molar-refractivity contribution >= 4 is 30.1 Å². The zero-order valence-corrected chi connectivity index (χ0v) is 15.8. The number of hydrogen-bond donors (Lipinski definition) is 1. The van der Waals surface area contributed by atoms with E-state index in [1.165, 1.54) is 5.56 Å². The van der Waals surface area contributed by atoms with Gasteiger partial charge in [-0.05, 0) is 18.9 Å². The molecule has 1 N–H and O–H groups in total. The van der Waals surface area contributed by atoms with Gasteiger partial charge in [0.25, 0.3) is 0 Å². The molecule has 1 aromatic rings. The van der Waals surface area contributed by atoms with Crippen molar-refractivity contribution in [3.05, 3.63) is 35.9 Å². The van der Waals surface area contributed by atoms with Gasteiger partial charge in [-0.1, -0.05) is 43.7 Å². The highest BCUT2D eigenvalue weighted by Gasteiger charge is 2.24. The Hall–Kier alpha value is -0.710. The molecule has 0 aromatic heterocycles. The second-order valence-electron chi connectivity index (χ2n) is 5.96. The number of thioether (sulfide) groups is 1. The van der Waals surface area contributed by atoms with Crippen LogP contribution in [-0.4, -0.2) is 41.4 Å². The van der Waals surface area contributed by atoms with Crippen molar-refractivity contribution < 1.29 is 4.79 Å². The molecule has 5 heteroatoms. The van der Waals surface area contributed by atoms with Crippen LogP contribution in [0, 0.1) is 0 Å². The Labute approximate surface area is 151 Å². The molecule has 1 heterocycles. The van der Waals surface area contributed by atoms with Crippen LogP contribution in [0.4, 0.5) is 0 Å². The van der Waals surface area contributed by atoms with Gasteiger partial charge < -0.3 is 10.2 Å². The number of rotatable bonds is 7. The molecule has 0 aliphatic carbocycles. The fourth-order valence-electron chi connectivity index (χ4n) is 2.85. The number of nitrogens with zero attached hydrogens (tertiary/aromatic N) is 1. The Balaban J connectivity index is 0.00000264. The zero-order valence-electron chi connectivity index (χ0n) is 14.2. The highest BCUT2D eigenvalue weighted by Crippen LogP contribution is 2.22. The molecule has 1 amide bonds. The molecule has 0 bridgehead atoms. The van der Waals surface area contributed by atoms with Crippen LogP contribution in [0.1, 0.15) is 44.7 Å². The monoisotopic (exact) mass is 356 g/mol. The van der Waals surface area contributed by atoms with Gasteiger partial charge in [-0.15, -0.1) is 12.4 Å². The van der Waals surface area contributed by atoms with E-state index in [2.05, 4.69) is 36.2 Å². The van der Waals surface area contributed by atoms with Crippen molar-refractivity contribution in [1.29, 1.82) is 0 Å². The molecule has 2 atom stereocenters. The van der Waals surface area contributed by atoms with E-state index < -0.39 is 0 Å². The van der Waals surface area contributed by atoms with E-state index in [9.17, 15) is 4.79 Å². The van der Waals surface area contributed by atoms with Gasteiger partial charge in [0, 0.05) is 37.1 Å². The summed E-state index contributed by atoms with van der Waals surface area (Å²) < 4.78 is 0. The highest BCUT2D eigenvalue weighted by molar-refractivity contribution is 7.99. The molecular formula is C18H29ClN2OS. The highest BCUT2D eigenvalue weighted by atomic mass is 35.5.